The predicted octanol–water partition coefficient (Wildman–Crippen LogP) is 2.84. The highest BCUT2D eigenvalue weighted by molar-refractivity contribution is 6.06. The van der Waals surface area contributed by atoms with E-state index in [0.717, 1.165) is 0 Å². The van der Waals surface area contributed by atoms with Crippen LogP contribution in [0.4, 0.5) is 5.69 Å². The van der Waals surface area contributed by atoms with Crippen LogP contribution in [0.2, 0.25) is 0 Å². The minimum atomic E-state index is -0.438. The Bertz CT molecular complexity index is 804. The van der Waals surface area contributed by atoms with E-state index in [1.807, 2.05) is 18.2 Å². The molecule has 2 rings (SSSR count). The predicted molar refractivity (Wildman–Crippen MR) is 99.8 cm³/mol. The van der Waals surface area contributed by atoms with Gasteiger partial charge in [-0.25, -0.2) is 5.43 Å². The number of benzene rings is 2. The van der Waals surface area contributed by atoms with Crippen LogP contribution in [0.25, 0.3) is 0 Å². The van der Waals surface area contributed by atoms with Crippen molar-refractivity contribution in [1.82, 2.24) is 5.43 Å². The van der Waals surface area contributed by atoms with Crippen LogP contribution in [-0.2, 0) is 4.79 Å². The fraction of sp³-hybridized carbons (Fsp3) is 0.211. The van der Waals surface area contributed by atoms with Crippen molar-refractivity contribution in [3.8, 4) is 11.5 Å². The standard InChI is InChI=1S/C19H21N3O4/c1-13(11-18(23)20-14-7-5-4-6-8-14)21-22-19(24)16-10-9-15(25-2)12-17(16)26-3/h4-10,12H,11H2,1-3H3,(H,20,23)(H,22,24)/b21-13-. The molecule has 0 heterocycles. The topological polar surface area (TPSA) is 89.0 Å². The second-order valence-corrected chi connectivity index (χ2v) is 5.45. The summed E-state index contributed by atoms with van der Waals surface area (Å²) in [5.74, 6) is 0.299. The molecule has 26 heavy (non-hydrogen) atoms. The number of rotatable bonds is 7. The van der Waals surface area contributed by atoms with Gasteiger partial charge >= 0.3 is 0 Å². The number of ether oxygens (including phenoxy) is 2. The van der Waals surface area contributed by atoms with Crippen molar-refractivity contribution in [3.05, 3.63) is 54.1 Å². The van der Waals surface area contributed by atoms with Crippen LogP contribution in [0.5, 0.6) is 11.5 Å². The van der Waals surface area contributed by atoms with Gasteiger partial charge in [-0.05, 0) is 31.2 Å². The van der Waals surface area contributed by atoms with E-state index in [9.17, 15) is 9.59 Å². The van der Waals surface area contributed by atoms with Gasteiger partial charge in [-0.3, -0.25) is 9.59 Å². The first kappa shape index (κ1) is 19.0. The summed E-state index contributed by atoms with van der Waals surface area (Å²) in [4.78, 5) is 24.2. The van der Waals surface area contributed by atoms with E-state index in [1.165, 1.54) is 14.2 Å². The van der Waals surface area contributed by atoms with Crippen LogP contribution in [0, 0.1) is 0 Å². The quantitative estimate of drug-likeness (QED) is 0.590. The number of nitrogens with one attached hydrogen (secondary N) is 2. The molecule has 0 aliphatic carbocycles. The first-order valence-electron chi connectivity index (χ1n) is 7.94. The number of para-hydroxylation sites is 1. The van der Waals surface area contributed by atoms with E-state index in [2.05, 4.69) is 15.8 Å². The molecule has 0 saturated carbocycles. The Kier molecular flexibility index (Phi) is 6.73. The third-order valence-electron chi connectivity index (χ3n) is 3.48. The first-order chi connectivity index (χ1) is 12.5. The van der Waals surface area contributed by atoms with Gasteiger partial charge in [-0.15, -0.1) is 0 Å². The van der Waals surface area contributed by atoms with Crippen molar-refractivity contribution in [2.24, 2.45) is 5.10 Å². The third-order valence-corrected chi connectivity index (χ3v) is 3.48. The SMILES string of the molecule is COc1ccc(C(=O)N/N=C(/C)CC(=O)Nc2ccccc2)c(OC)c1. The Labute approximate surface area is 152 Å². The molecule has 0 aliphatic rings. The van der Waals surface area contributed by atoms with Crippen LogP contribution < -0.4 is 20.2 Å². The molecule has 0 fully saturated rings. The van der Waals surface area contributed by atoms with Gasteiger partial charge in [0.2, 0.25) is 5.91 Å². The number of carbonyl (C=O) groups excluding carboxylic acids is 2. The maximum Gasteiger partial charge on any atom is 0.275 e. The Morgan fingerprint density at radius 1 is 1.04 bits per heavy atom. The summed E-state index contributed by atoms with van der Waals surface area (Å²) in [5, 5.41) is 6.73. The first-order valence-corrected chi connectivity index (χ1v) is 7.94. The van der Waals surface area contributed by atoms with E-state index in [4.69, 9.17) is 9.47 Å². The fourth-order valence-corrected chi connectivity index (χ4v) is 2.19. The molecule has 0 bridgehead atoms. The van der Waals surface area contributed by atoms with Crippen molar-refractivity contribution >= 4 is 23.2 Å². The summed E-state index contributed by atoms with van der Waals surface area (Å²) in [7, 11) is 3.00. The molecule has 0 spiro atoms. The van der Waals surface area contributed by atoms with Gasteiger partial charge in [-0.2, -0.15) is 5.10 Å². The lowest BCUT2D eigenvalue weighted by molar-refractivity contribution is -0.115. The normalized spacial score (nSPS) is 10.8. The van der Waals surface area contributed by atoms with Gasteiger partial charge in [-0.1, -0.05) is 18.2 Å². The Morgan fingerprint density at radius 2 is 1.77 bits per heavy atom. The zero-order valence-corrected chi connectivity index (χ0v) is 14.9. The van der Waals surface area contributed by atoms with Gasteiger partial charge in [0.15, 0.2) is 0 Å². The molecule has 0 unspecified atom stereocenters. The average molecular weight is 355 g/mol. The van der Waals surface area contributed by atoms with Gasteiger partial charge in [0.05, 0.1) is 26.2 Å². The molecule has 0 atom stereocenters. The fourth-order valence-electron chi connectivity index (χ4n) is 2.19. The van der Waals surface area contributed by atoms with E-state index >= 15 is 0 Å². The van der Waals surface area contributed by atoms with Gasteiger partial charge in [0.25, 0.3) is 5.91 Å². The Hall–Kier alpha value is -3.35. The van der Waals surface area contributed by atoms with Crippen LogP contribution in [0.15, 0.2) is 53.6 Å². The highest BCUT2D eigenvalue weighted by Gasteiger charge is 2.13. The summed E-state index contributed by atoms with van der Waals surface area (Å²) in [6.45, 7) is 1.66. The van der Waals surface area contributed by atoms with E-state index < -0.39 is 5.91 Å². The number of hydrogen-bond acceptors (Lipinski definition) is 5. The maximum absolute atomic E-state index is 12.3. The molecule has 2 aromatic carbocycles. The minimum Gasteiger partial charge on any atom is -0.497 e. The van der Waals surface area contributed by atoms with Crippen LogP contribution >= 0.6 is 0 Å². The Morgan fingerprint density at radius 3 is 2.42 bits per heavy atom. The van der Waals surface area contributed by atoms with Gasteiger partial charge < -0.3 is 14.8 Å². The lowest BCUT2D eigenvalue weighted by atomic mass is 10.2. The number of nitrogens with zero attached hydrogens (tertiary/aromatic N) is 1. The highest BCUT2D eigenvalue weighted by atomic mass is 16.5. The van der Waals surface area contributed by atoms with E-state index in [1.54, 1.807) is 37.3 Å². The molecule has 0 radical (unpaired) electrons. The van der Waals surface area contributed by atoms with Crippen LogP contribution in [-0.4, -0.2) is 31.7 Å². The molecule has 0 aromatic heterocycles. The summed E-state index contributed by atoms with van der Waals surface area (Å²) < 4.78 is 10.3. The monoisotopic (exact) mass is 355 g/mol. The smallest absolute Gasteiger partial charge is 0.275 e. The third kappa shape index (κ3) is 5.34. The molecule has 0 saturated heterocycles. The summed E-state index contributed by atoms with van der Waals surface area (Å²) >= 11 is 0. The average Bonchev–Trinajstić information content (AvgIpc) is 2.66. The zero-order chi connectivity index (χ0) is 18.9. The van der Waals surface area contributed by atoms with E-state index in [0.29, 0.717) is 28.5 Å². The minimum absolute atomic E-state index is 0.0644. The second-order valence-electron chi connectivity index (χ2n) is 5.45. The van der Waals surface area contributed by atoms with Crippen molar-refractivity contribution in [1.29, 1.82) is 0 Å². The number of hydrazone groups is 1. The van der Waals surface area contributed by atoms with Crippen LogP contribution in [0.3, 0.4) is 0 Å². The largest absolute Gasteiger partial charge is 0.497 e. The molecule has 7 heteroatoms. The highest BCUT2D eigenvalue weighted by Crippen LogP contribution is 2.24. The molecular formula is C19H21N3O4. The number of anilines is 1. The van der Waals surface area contributed by atoms with Crippen LogP contribution in [0.1, 0.15) is 23.7 Å². The van der Waals surface area contributed by atoms with Gasteiger partial charge in [0, 0.05) is 17.5 Å². The Balaban J connectivity index is 1.95. The summed E-state index contributed by atoms with van der Waals surface area (Å²) in [6, 6.07) is 14.0. The molecule has 2 amide bonds. The number of methoxy groups -OCH3 is 2. The summed E-state index contributed by atoms with van der Waals surface area (Å²) in [5.41, 5.74) is 3.92. The molecule has 2 aromatic rings. The molecule has 2 N–H and O–H groups in total. The lowest BCUT2D eigenvalue weighted by Crippen LogP contribution is -2.22. The second kappa shape index (κ2) is 9.22. The summed E-state index contributed by atoms with van der Waals surface area (Å²) in [6.07, 6.45) is 0.0644. The molecular weight excluding hydrogens is 334 g/mol. The van der Waals surface area contributed by atoms with E-state index in [-0.39, 0.29) is 12.3 Å². The molecule has 136 valence electrons. The van der Waals surface area contributed by atoms with Gasteiger partial charge in [0.1, 0.15) is 11.5 Å². The molecule has 0 aliphatic heterocycles. The zero-order valence-electron chi connectivity index (χ0n) is 14.9. The van der Waals surface area contributed by atoms with Crippen molar-refractivity contribution < 1.29 is 19.1 Å². The van der Waals surface area contributed by atoms with Crippen molar-refractivity contribution in [2.75, 3.05) is 19.5 Å². The number of hydrogen-bond donors (Lipinski definition) is 2. The van der Waals surface area contributed by atoms with Crippen molar-refractivity contribution in [3.63, 3.8) is 0 Å². The number of amides is 2. The molecule has 7 nitrogen and oxygen atoms in total. The van der Waals surface area contributed by atoms with Crippen molar-refractivity contribution in [2.45, 2.75) is 13.3 Å². The lowest BCUT2D eigenvalue weighted by Gasteiger charge is -2.09. The maximum atomic E-state index is 12.3. The number of carbonyl (C=O) groups is 2.